The predicted octanol–water partition coefficient (Wildman–Crippen LogP) is 1.88. The molecule has 2 atom stereocenters. The fourth-order valence-corrected chi connectivity index (χ4v) is 5.33. The first-order valence-electron chi connectivity index (χ1n) is 5.74. The van der Waals surface area contributed by atoms with Crippen molar-refractivity contribution in [3.8, 4) is 0 Å². The molecule has 0 aliphatic heterocycles. The van der Waals surface area contributed by atoms with Crippen molar-refractivity contribution in [2.24, 2.45) is 0 Å². The molecule has 0 radical (unpaired) electrons. The van der Waals surface area contributed by atoms with Gasteiger partial charge in [-0.25, -0.2) is 0 Å². The molecule has 0 aromatic rings. The van der Waals surface area contributed by atoms with E-state index in [4.69, 9.17) is 4.12 Å². The Hall–Kier alpha value is 0.354. The molecule has 86 valence electrons. The second kappa shape index (κ2) is 6.05. The summed E-state index contributed by atoms with van der Waals surface area (Å²) in [6, 6.07) is 1.31. The van der Waals surface area contributed by atoms with Crippen LogP contribution in [0.4, 0.5) is 0 Å². The monoisotopic (exact) mass is 233 g/mol. The van der Waals surface area contributed by atoms with Crippen molar-refractivity contribution in [2.45, 2.75) is 65.7 Å². The molecule has 0 aromatic carbocycles. The molecule has 0 saturated carbocycles. The Balaban J connectivity index is 4.71. The lowest BCUT2D eigenvalue weighted by Crippen LogP contribution is -2.58. The Morgan fingerprint density at radius 1 is 1.14 bits per heavy atom. The van der Waals surface area contributed by atoms with Crippen molar-refractivity contribution in [2.75, 3.05) is 0 Å². The summed E-state index contributed by atoms with van der Waals surface area (Å²) in [6.45, 7) is 13.8. The molecule has 0 fully saturated rings. The molecule has 0 saturated heterocycles. The van der Waals surface area contributed by atoms with Crippen LogP contribution in [0.3, 0.4) is 0 Å². The zero-order valence-electron chi connectivity index (χ0n) is 10.9. The number of hydrogen-bond donors (Lipinski definition) is 0. The van der Waals surface area contributed by atoms with E-state index < -0.39 is 8.48 Å². The Labute approximate surface area is 93.8 Å². The molecular formula is C10H27NOSi2. The van der Waals surface area contributed by atoms with Gasteiger partial charge in [0.15, 0.2) is 0 Å². The van der Waals surface area contributed by atoms with Gasteiger partial charge in [0, 0.05) is 12.1 Å². The zero-order valence-corrected chi connectivity index (χ0v) is 13.9. The summed E-state index contributed by atoms with van der Waals surface area (Å²) in [5.74, 6) is 0. The maximum Gasteiger partial charge on any atom is 0.254 e. The predicted molar refractivity (Wildman–Crippen MR) is 69.9 cm³/mol. The summed E-state index contributed by atoms with van der Waals surface area (Å²) in [6.07, 6.45) is 2.43. The van der Waals surface area contributed by atoms with Gasteiger partial charge in [-0.3, -0.25) is 4.57 Å². The van der Waals surface area contributed by atoms with Crippen LogP contribution in [0.1, 0.15) is 40.5 Å². The fraction of sp³-hybridized carbons (Fsp3) is 1.00. The summed E-state index contributed by atoms with van der Waals surface area (Å²) < 4.78 is 8.49. The van der Waals surface area contributed by atoms with Crippen LogP contribution >= 0.6 is 0 Å². The molecule has 2 nitrogen and oxygen atoms in total. The summed E-state index contributed by atoms with van der Waals surface area (Å²) >= 11 is 0. The minimum atomic E-state index is -1.58. The molecule has 14 heavy (non-hydrogen) atoms. The summed E-state index contributed by atoms with van der Waals surface area (Å²) in [5, 5.41) is 0. The van der Waals surface area contributed by atoms with Gasteiger partial charge in [-0.1, -0.05) is 27.7 Å². The SMILES string of the molecule is CCC(C)N(C(C)CC)[Si](C)(C)O[SiH3]. The first-order valence-corrected chi connectivity index (χ1v) is 9.41. The third kappa shape index (κ3) is 3.49. The molecule has 0 aromatic heterocycles. The quantitative estimate of drug-likeness (QED) is 0.650. The van der Waals surface area contributed by atoms with Gasteiger partial charge < -0.3 is 4.12 Å². The van der Waals surface area contributed by atoms with E-state index in [1.165, 1.54) is 12.8 Å². The smallest absolute Gasteiger partial charge is 0.254 e. The number of rotatable bonds is 6. The molecule has 4 heteroatoms. The first-order chi connectivity index (χ1) is 6.40. The van der Waals surface area contributed by atoms with E-state index in [1.807, 2.05) is 0 Å². The van der Waals surface area contributed by atoms with Crippen LogP contribution in [0.25, 0.3) is 0 Å². The topological polar surface area (TPSA) is 12.5 Å². The van der Waals surface area contributed by atoms with E-state index in [2.05, 4.69) is 45.4 Å². The van der Waals surface area contributed by atoms with Crippen LogP contribution in [0.5, 0.6) is 0 Å². The van der Waals surface area contributed by atoms with Gasteiger partial charge in [-0.05, 0) is 25.9 Å². The Kier molecular flexibility index (Phi) is 6.20. The first kappa shape index (κ1) is 14.4. The van der Waals surface area contributed by atoms with Gasteiger partial charge in [-0.2, -0.15) is 0 Å². The molecule has 0 aliphatic rings. The lowest BCUT2D eigenvalue weighted by molar-refractivity contribution is 0.224. The second-order valence-electron chi connectivity index (χ2n) is 4.57. The lowest BCUT2D eigenvalue weighted by atomic mass is 10.2. The molecule has 0 heterocycles. The highest BCUT2D eigenvalue weighted by Crippen LogP contribution is 2.21. The highest BCUT2D eigenvalue weighted by molar-refractivity contribution is 6.71. The van der Waals surface area contributed by atoms with E-state index in [1.54, 1.807) is 0 Å². The molecule has 0 rings (SSSR count). The molecule has 2 unspecified atom stereocenters. The molecule has 0 amide bonds. The summed E-state index contributed by atoms with van der Waals surface area (Å²) in [5.41, 5.74) is 0. The van der Waals surface area contributed by atoms with Crippen LogP contribution in [0, 0.1) is 0 Å². The molecular weight excluding hydrogens is 206 g/mol. The van der Waals surface area contributed by atoms with Gasteiger partial charge in [0.25, 0.3) is 8.48 Å². The van der Waals surface area contributed by atoms with Crippen molar-refractivity contribution in [3.05, 3.63) is 0 Å². The summed E-state index contributed by atoms with van der Waals surface area (Å²) in [7, 11) is -0.718. The van der Waals surface area contributed by atoms with Crippen LogP contribution in [-0.4, -0.2) is 35.6 Å². The van der Waals surface area contributed by atoms with Crippen molar-refractivity contribution >= 4 is 19.0 Å². The maximum absolute atomic E-state index is 5.85. The average Bonchev–Trinajstić information content (AvgIpc) is 2.17. The normalized spacial score (nSPS) is 17.4. The van der Waals surface area contributed by atoms with E-state index in [0.717, 1.165) is 10.5 Å². The van der Waals surface area contributed by atoms with Crippen LogP contribution in [0.2, 0.25) is 13.1 Å². The van der Waals surface area contributed by atoms with Gasteiger partial charge in [0.1, 0.15) is 10.5 Å². The fourth-order valence-electron chi connectivity index (χ4n) is 1.99. The standard InChI is InChI=1S/C10H27NOSi2/c1-7-9(3)11(10(4)8-2)14(5,6)12-13/h9-10H,7-8H2,1-6,13H3. The number of hydrogen-bond acceptors (Lipinski definition) is 2. The van der Waals surface area contributed by atoms with Crippen molar-refractivity contribution in [3.63, 3.8) is 0 Å². The van der Waals surface area contributed by atoms with Crippen molar-refractivity contribution in [1.82, 2.24) is 4.57 Å². The summed E-state index contributed by atoms with van der Waals surface area (Å²) in [4.78, 5) is 0. The highest BCUT2D eigenvalue weighted by Gasteiger charge is 2.35. The van der Waals surface area contributed by atoms with Crippen LogP contribution < -0.4 is 0 Å². The van der Waals surface area contributed by atoms with Gasteiger partial charge in [-0.15, -0.1) is 0 Å². The third-order valence-electron chi connectivity index (χ3n) is 3.25. The minimum absolute atomic E-state index is 0.653. The minimum Gasteiger partial charge on any atom is -0.453 e. The van der Waals surface area contributed by atoms with Crippen LogP contribution in [0.15, 0.2) is 0 Å². The van der Waals surface area contributed by atoms with Crippen LogP contribution in [-0.2, 0) is 4.12 Å². The van der Waals surface area contributed by atoms with Gasteiger partial charge in [0.05, 0.1) is 0 Å². The van der Waals surface area contributed by atoms with Crippen molar-refractivity contribution in [1.29, 1.82) is 0 Å². The maximum atomic E-state index is 5.85. The molecule has 0 bridgehead atoms. The number of nitrogens with zero attached hydrogens (tertiary/aromatic N) is 1. The molecule has 0 spiro atoms. The Morgan fingerprint density at radius 3 is 1.71 bits per heavy atom. The lowest BCUT2D eigenvalue weighted by Gasteiger charge is -2.43. The van der Waals surface area contributed by atoms with Gasteiger partial charge in [0.2, 0.25) is 0 Å². The second-order valence-corrected chi connectivity index (χ2v) is 9.62. The molecule has 0 N–H and O–H groups in total. The highest BCUT2D eigenvalue weighted by atomic mass is 28.4. The van der Waals surface area contributed by atoms with Crippen molar-refractivity contribution < 1.29 is 4.12 Å². The van der Waals surface area contributed by atoms with E-state index in [9.17, 15) is 0 Å². The zero-order chi connectivity index (χ0) is 11.4. The average molecular weight is 234 g/mol. The molecule has 0 aliphatic carbocycles. The Bertz CT molecular complexity index is 154. The van der Waals surface area contributed by atoms with E-state index in [-0.39, 0.29) is 0 Å². The Morgan fingerprint density at radius 2 is 1.50 bits per heavy atom. The largest absolute Gasteiger partial charge is 0.453 e. The van der Waals surface area contributed by atoms with E-state index >= 15 is 0 Å². The van der Waals surface area contributed by atoms with E-state index in [0.29, 0.717) is 12.1 Å². The van der Waals surface area contributed by atoms with Gasteiger partial charge >= 0.3 is 0 Å². The third-order valence-corrected chi connectivity index (χ3v) is 9.37.